The molecule has 0 amide bonds. The fourth-order valence-corrected chi connectivity index (χ4v) is 3.08. The molecule has 1 heterocycles. The predicted octanol–water partition coefficient (Wildman–Crippen LogP) is 5.34. The summed E-state index contributed by atoms with van der Waals surface area (Å²) in [7, 11) is 0. The quantitative estimate of drug-likeness (QED) is 0.299. The molecule has 0 aliphatic rings. The van der Waals surface area contributed by atoms with Crippen molar-refractivity contribution in [2.45, 2.75) is 0 Å². The van der Waals surface area contributed by atoms with Gasteiger partial charge < -0.3 is 4.74 Å². The van der Waals surface area contributed by atoms with Gasteiger partial charge in [-0.2, -0.15) is 10.4 Å². The number of H-pyrrole nitrogens is 1. The van der Waals surface area contributed by atoms with Crippen molar-refractivity contribution in [2.75, 3.05) is 5.43 Å². The van der Waals surface area contributed by atoms with Crippen LogP contribution in [0.5, 0.6) is 11.5 Å². The molecule has 0 saturated heterocycles. The van der Waals surface area contributed by atoms with Gasteiger partial charge in [-0.1, -0.05) is 48.0 Å². The van der Waals surface area contributed by atoms with E-state index in [1.807, 2.05) is 12.1 Å². The van der Waals surface area contributed by atoms with Gasteiger partial charge in [0.1, 0.15) is 28.9 Å². The van der Waals surface area contributed by atoms with Crippen molar-refractivity contribution in [1.82, 2.24) is 9.97 Å². The molecule has 0 bridgehead atoms. The average molecular weight is 460 g/mol. The van der Waals surface area contributed by atoms with E-state index in [2.05, 4.69) is 20.5 Å². The molecule has 0 spiro atoms. The molecule has 0 saturated carbocycles. The second-order valence-corrected chi connectivity index (χ2v) is 7.13. The SMILES string of the molecule is N#Cc1c(-c2ccccc2)nc(NN=Cc2c(F)cccc2Oc2ccc(Cl)cc2)[nH]c1=O. The van der Waals surface area contributed by atoms with Gasteiger partial charge in [0.2, 0.25) is 5.95 Å². The van der Waals surface area contributed by atoms with Crippen LogP contribution in [0.1, 0.15) is 11.1 Å². The van der Waals surface area contributed by atoms with Gasteiger partial charge in [0.15, 0.2) is 0 Å². The number of hydrazone groups is 1. The normalized spacial score (nSPS) is 10.7. The highest BCUT2D eigenvalue weighted by Gasteiger charge is 2.13. The highest BCUT2D eigenvalue weighted by Crippen LogP contribution is 2.27. The number of halogens is 2. The summed E-state index contributed by atoms with van der Waals surface area (Å²) in [6.45, 7) is 0. The maximum atomic E-state index is 14.5. The summed E-state index contributed by atoms with van der Waals surface area (Å²) in [5.74, 6) is 0.135. The van der Waals surface area contributed by atoms with E-state index < -0.39 is 11.4 Å². The second-order valence-electron chi connectivity index (χ2n) is 6.69. The minimum absolute atomic E-state index is 0.00869. The van der Waals surface area contributed by atoms with E-state index in [0.717, 1.165) is 0 Å². The van der Waals surface area contributed by atoms with Crippen molar-refractivity contribution in [1.29, 1.82) is 5.26 Å². The van der Waals surface area contributed by atoms with Crippen LogP contribution in [0.4, 0.5) is 10.3 Å². The lowest BCUT2D eigenvalue weighted by Gasteiger charge is -2.09. The van der Waals surface area contributed by atoms with Gasteiger partial charge in [-0.25, -0.2) is 14.8 Å². The number of anilines is 1. The molecular weight excluding hydrogens is 445 g/mol. The zero-order valence-corrected chi connectivity index (χ0v) is 17.7. The van der Waals surface area contributed by atoms with E-state index in [9.17, 15) is 14.4 Å². The molecule has 4 rings (SSSR count). The van der Waals surface area contributed by atoms with Gasteiger partial charge in [-0.3, -0.25) is 9.78 Å². The number of nitrogens with zero attached hydrogens (tertiary/aromatic N) is 3. The first-order valence-corrected chi connectivity index (χ1v) is 10.0. The van der Waals surface area contributed by atoms with Crippen LogP contribution in [-0.2, 0) is 0 Å². The van der Waals surface area contributed by atoms with Crippen LogP contribution in [0.3, 0.4) is 0 Å². The molecule has 162 valence electrons. The zero-order chi connectivity index (χ0) is 23.2. The number of hydrogen-bond donors (Lipinski definition) is 2. The number of benzene rings is 3. The highest BCUT2D eigenvalue weighted by molar-refractivity contribution is 6.30. The lowest BCUT2D eigenvalue weighted by Crippen LogP contribution is -2.16. The van der Waals surface area contributed by atoms with Gasteiger partial charge in [0, 0.05) is 10.6 Å². The Morgan fingerprint density at radius 2 is 1.85 bits per heavy atom. The molecule has 0 fully saturated rings. The maximum Gasteiger partial charge on any atom is 0.270 e. The lowest BCUT2D eigenvalue weighted by molar-refractivity contribution is 0.475. The Labute approximate surface area is 192 Å². The van der Waals surface area contributed by atoms with Crippen LogP contribution in [0.25, 0.3) is 11.3 Å². The maximum absolute atomic E-state index is 14.5. The Bertz CT molecular complexity index is 1410. The summed E-state index contributed by atoms with van der Waals surface area (Å²) >= 11 is 5.88. The van der Waals surface area contributed by atoms with Crippen LogP contribution >= 0.6 is 11.6 Å². The number of nitriles is 1. The summed E-state index contributed by atoms with van der Waals surface area (Å²) in [6, 6.07) is 21.7. The molecule has 0 aliphatic heterocycles. The standard InChI is InChI=1S/C24H15ClFN5O2/c25-16-9-11-17(12-10-16)33-21-8-4-7-20(26)19(21)14-28-31-24-29-22(15-5-2-1-3-6-15)18(13-27)23(32)30-24/h1-12,14H,(H2,29,30,31,32). The predicted molar refractivity (Wildman–Crippen MR) is 124 cm³/mol. The van der Waals surface area contributed by atoms with Crippen LogP contribution in [0.15, 0.2) is 82.7 Å². The van der Waals surface area contributed by atoms with Gasteiger partial charge in [-0.15, -0.1) is 0 Å². The Balaban J connectivity index is 1.61. The molecule has 9 heteroatoms. The van der Waals surface area contributed by atoms with Crippen molar-refractivity contribution in [3.8, 4) is 28.8 Å². The van der Waals surface area contributed by atoms with E-state index in [1.165, 1.54) is 18.3 Å². The summed E-state index contributed by atoms with van der Waals surface area (Å²) in [5.41, 5.74) is 2.72. The van der Waals surface area contributed by atoms with Gasteiger partial charge in [0.05, 0.1) is 17.5 Å². The summed E-state index contributed by atoms with van der Waals surface area (Å²) in [6.07, 6.45) is 1.21. The van der Waals surface area contributed by atoms with E-state index in [1.54, 1.807) is 54.6 Å². The van der Waals surface area contributed by atoms with Crippen molar-refractivity contribution >= 4 is 23.8 Å². The van der Waals surface area contributed by atoms with Crippen molar-refractivity contribution in [3.05, 3.63) is 105 Å². The summed E-state index contributed by atoms with van der Waals surface area (Å²) in [4.78, 5) is 19.1. The summed E-state index contributed by atoms with van der Waals surface area (Å²) < 4.78 is 20.2. The van der Waals surface area contributed by atoms with Crippen LogP contribution in [0, 0.1) is 17.1 Å². The molecule has 7 nitrogen and oxygen atoms in total. The molecule has 2 N–H and O–H groups in total. The van der Waals surface area contributed by atoms with Crippen LogP contribution < -0.4 is 15.7 Å². The minimum atomic E-state index is -0.623. The number of rotatable bonds is 6. The largest absolute Gasteiger partial charge is 0.457 e. The van der Waals surface area contributed by atoms with Crippen molar-refractivity contribution in [2.24, 2.45) is 5.10 Å². The molecule has 4 aromatic rings. The molecule has 1 aromatic heterocycles. The average Bonchev–Trinajstić information content (AvgIpc) is 2.82. The van der Waals surface area contributed by atoms with Crippen molar-refractivity contribution in [3.63, 3.8) is 0 Å². The highest BCUT2D eigenvalue weighted by atomic mass is 35.5. The smallest absolute Gasteiger partial charge is 0.270 e. The Morgan fingerprint density at radius 1 is 1.09 bits per heavy atom. The topological polar surface area (TPSA) is 103 Å². The van der Waals surface area contributed by atoms with E-state index in [-0.39, 0.29) is 28.5 Å². The molecule has 33 heavy (non-hydrogen) atoms. The molecule has 0 unspecified atom stereocenters. The lowest BCUT2D eigenvalue weighted by atomic mass is 10.1. The number of hydrogen-bond acceptors (Lipinski definition) is 6. The number of aromatic nitrogens is 2. The minimum Gasteiger partial charge on any atom is -0.457 e. The number of aromatic amines is 1. The van der Waals surface area contributed by atoms with Gasteiger partial charge in [0.25, 0.3) is 5.56 Å². The first-order valence-electron chi connectivity index (χ1n) is 9.66. The van der Waals surface area contributed by atoms with E-state index >= 15 is 0 Å². The molecule has 0 aliphatic carbocycles. The fourth-order valence-electron chi connectivity index (χ4n) is 2.95. The van der Waals surface area contributed by atoms with Crippen LogP contribution in [-0.4, -0.2) is 16.2 Å². The third-order valence-electron chi connectivity index (χ3n) is 4.50. The Hall–Kier alpha value is -4.48. The number of ether oxygens (including phenoxy) is 1. The third kappa shape index (κ3) is 5.06. The second kappa shape index (κ2) is 9.77. The molecule has 0 atom stereocenters. The van der Waals surface area contributed by atoms with Crippen molar-refractivity contribution < 1.29 is 9.13 Å². The van der Waals surface area contributed by atoms with Gasteiger partial charge in [-0.05, 0) is 36.4 Å². The Morgan fingerprint density at radius 3 is 2.58 bits per heavy atom. The fraction of sp³-hybridized carbons (Fsp3) is 0. The monoisotopic (exact) mass is 459 g/mol. The number of nitrogens with one attached hydrogen (secondary N) is 2. The molecule has 0 radical (unpaired) electrons. The van der Waals surface area contributed by atoms with Crippen LogP contribution in [0.2, 0.25) is 5.02 Å². The van der Waals surface area contributed by atoms with E-state index in [4.69, 9.17) is 16.3 Å². The Kier molecular flexibility index (Phi) is 6.43. The third-order valence-corrected chi connectivity index (χ3v) is 4.75. The zero-order valence-electron chi connectivity index (χ0n) is 16.9. The first kappa shape index (κ1) is 21.7. The summed E-state index contributed by atoms with van der Waals surface area (Å²) in [5, 5.41) is 13.9. The van der Waals surface area contributed by atoms with Gasteiger partial charge >= 0.3 is 0 Å². The van der Waals surface area contributed by atoms with E-state index in [0.29, 0.717) is 16.3 Å². The molecular formula is C24H15ClFN5O2. The molecule has 3 aromatic carbocycles. The first-order chi connectivity index (χ1) is 16.0.